The zero-order valence-corrected chi connectivity index (χ0v) is 15.7. The SMILES string of the molecule is Cc1ccccc1OCC(=O)NNC(=O)CN1C(=O)NC2(CCCCC2)C1=O. The van der Waals surface area contributed by atoms with E-state index in [0.717, 1.165) is 29.7 Å². The molecule has 1 saturated carbocycles. The van der Waals surface area contributed by atoms with E-state index in [0.29, 0.717) is 18.6 Å². The van der Waals surface area contributed by atoms with Crippen molar-refractivity contribution in [1.29, 1.82) is 0 Å². The normalized spacial score (nSPS) is 18.0. The van der Waals surface area contributed by atoms with Crippen molar-refractivity contribution in [3.05, 3.63) is 29.8 Å². The highest BCUT2D eigenvalue weighted by molar-refractivity contribution is 6.09. The second-order valence-electron chi connectivity index (χ2n) is 7.11. The van der Waals surface area contributed by atoms with Gasteiger partial charge in [0.05, 0.1) is 0 Å². The number of hydrazine groups is 1. The maximum atomic E-state index is 12.6. The van der Waals surface area contributed by atoms with Gasteiger partial charge in [-0.15, -0.1) is 0 Å². The largest absolute Gasteiger partial charge is 0.483 e. The topological polar surface area (TPSA) is 117 Å². The molecule has 9 heteroatoms. The summed E-state index contributed by atoms with van der Waals surface area (Å²) >= 11 is 0. The van der Waals surface area contributed by atoms with Crippen molar-refractivity contribution in [3.8, 4) is 5.75 Å². The van der Waals surface area contributed by atoms with E-state index in [4.69, 9.17) is 4.74 Å². The molecule has 3 rings (SSSR count). The molecule has 0 bridgehead atoms. The first-order valence-corrected chi connectivity index (χ1v) is 9.31. The van der Waals surface area contributed by atoms with Crippen LogP contribution in [0, 0.1) is 6.92 Å². The van der Waals surface area contributed by atoms with Crippen LogP contribution in [0.1, 0.15) is 37.7 Å². The molecular formula is C19H24N4O5. The summed E-state index contributed by atoms with van der Waals surface area (Å²) in [6, 6.07) is 6.66. The molecule has 28 heavy (non-hydrogen) atoms. The molecular weight excluding hydrogens is 364 g/mol. The van der Waals surface area contributed by atoms with Crippen molar-refractivity contribution in [2.24, 2.45) is 0 Å². The Balaban J connectivity index is 1.45. The number of ether oxygens (including phenoxy) is 1. The molecule has 150 valence electrons. The number of urea groups is 1. The molecule has 1 aromatic rings. The molecule has 1 spiro atoms. The molecule has 0 radical (unpaired) electrons. The van der Waals surface area contributed by atoms with Crippen LogP contribution >= 0.6 is 0 Å². The molecule has 1 heterocycles. The predicted molar refractivity (Wildman–Crippen MR) is 99.0 cm³/mol. The first-order chi connectivity index (χ1) is 13.4. The van der Waals surface area contributed by atoms with Gasteiger partial charge >= 0.3 is 6.03 Å². The Kier molecular flexibility index (Phi) is 5.81. The minimum absolute atomic E-state index is 0.280. The number of hydrogen-bond donors (Lipinski definition) is 3. The quantitative estimate of drug-likeness (QED) is 0.509. The number of amides is 5. The summed E-state index contributed by atoms with van der Waals surface area (Å²) in [6.07, 6.45) is 3.93. The van der Waals surface area contributed by atoms with Crippen LogP contribution in [0.25, 0.3) is 0 Å². The first kappa shape index (κ1) is 19.7. The summed E-state index contributed by atoms with van der Waals surface area (Å²) in [6.45, 7) is 1.12. The van der Waals surface area contributed by atoms with Gasteiger partial charge in [0, 0.05) is 0 Å². The van der Waals surface area contributed by atoms with E-state index >= 15 is 0 Å². The zero-order chi connectivity index (χ0) is 20.1. The standard InChI is InChI=1S/C19H24N4O5/c1-13-7-3-4-8-14(13)28-12-16(25)22-21-15(24)11-23-17(26)19(20-18(23)27)9-5-2-6-10-19/h3-4,7-8H,2,5-6,9-12H2,1H3,(H,20,27)(H,21,24)(H,22,25). The van der Waals surface area contributed by atoms with Crippen LogP contribution in [0.15, 0.2) is 24.3 Å². The number of nitrogens with zero attached hydrogens (tertiary/aromatic N) is 1. The van der Waals surface area contributed by atoms with Gasteiger partial charge in [-0.3, -0.25) is 30.1 Å². The fraction of sp³-hybridized carbons (Fsp3) is 0.474. The summed E-state index contributed by atoms with van der Waals surface area (Å²) in [5.74, 6) is -1.03. The van der Waals surface area contributed by atoms with Crippen LogP contribution in [-0.4, -0.2) is 47.3 Å². The lowest BCUT2D eigenvalue weighted by molar-refractivity contribution is -0.136. The molecule has 1 aliphatic carbocycles. The molecule has 5 amide bonds. The Labute approximate surface area is 162 Å². The van der Waals surface area contributed by atoms with Crippen LogP contribution in [0.3, 0.4) is 0 Å². The second kappa shape index (κ2) is 8.28. The van der Waals surface area contributed by atoms with E-state index in [2.05, 4.69) is 16.2 Å². The third kappa shape index (κ3) is 4.24. The lowest BCUT2D eigenvalue weighted by atomic mass is 9.82. The summed E-state index contributed by atoms with van der Waals surface area (Å²) in [5.41, 5.74) is 4.42. The number of benzene rings is 1. The minimum atomic E-state index is -0.875. The lowest BCUT2D eigenvalue weighted by Crippen LogP contribution is -2.50. The Morgan fingerprint density at radius 1 is 1.11 bits per heavy atom. The number of hydrogen-bond acceptors (Lipinski definition) is 5. The smallest absolute Gasteiger partial charge is 0.325 e. The van der Waals surface area contributed by atoms with Gasteiger partial charge in [0.15, 0.2) is 6.61 Å². The van der Waals surface area contributed by atoms with Gasteiger partial charge in [-0.2, -0.15) is 0 Å². The van der Waals surface area contributed by atoms with E-state index < -0.39 is 29.9 Å². The van der Waals surface area contributed by atoms with Crippen molar-refractivity contribution >= 4 is 23.8 Å². The van der Waals surface area contributed by atoms with Gasteiger partial charge < -0.3 is 10.1 Å². The van der Waals surface area contributed by atoms with E-state index in [-0.39, 0.29) is 12.5 Å². The van der Waals surface area contributed by atoms with Crippen LogP contribution in [0.4, 0.5) is 4.79 Å². The molecule has 2 fully saturated rings. The number of aryl methyl sites for hydroxylation is 1. The fourth-order valence-electron chi connectivity index (χ4n) is 3.53. The molecule has 0 unspecified atom stereocenters. The number of imide groups is 1. The van der Waals surface area contributed by atoms with Crippen molar-refractivity contribution in [2.45, 2.75) is 44.6 Å². The molecule has 9 nitrogen and oxygen atoms in total. The highest BCUT2D eigenvalue weighted by Crippen LogP contribution is 2.33. The molecule has 3 N–H and O–H groups in total. The molecule has 1 aliphatic heterocycles. The summed E-state index contributed by atoms with van der Waals surface area (Å²) in [5, 5.41) is 2.73. The third-order valence-electron chi connectivity index (χ3n) is 5.05. The lowest BCUT2D eigenvalue weighted by Gasteiger charge is -2.30. The van der Waals surface area contributed by atoms with Gasteiger partial charge in [-0.05, 0) is 31.4 Å². The summed E-state index contributed by atoms with van der Waals surface area (Å²) in [7, 11) is 0. The molecule has 2 aliphatic rings. The van der Waals surface area contributed by atoms with Gasteiger partial charge in [0.2, 0.25) is 0 Å². The van der Waals surface area contributed by atoms with E-state index in [1.165, 1.54) is 0 Å². The van der Waals surface area contributed by atoms with Crippen molar-refractivity contribution in [2.75, 3.05) is 13.2 Å². The maximum absolute atomic E-state index is 12.6. The van der Waals surface area contributed by atoms with Gasteiger partial charge in [0.25, 0.3) is 17.7 Å². The highest BCUT2D eigenvalue weighted by Gasteiger charge is 2.51. The average molecular weight is 388 g/mol. The Hall–Kier alpha value is -3.10. The van der Waals surface area contributed by atoms with Gasteiger partial charge in [0.1, 0.15) is 17.8 Å². The van der Waals surface area contributed by atoms with Gasteiger partial charge in [-0.1, -0.05) is 37.5 Å². The predicted octanol–water partition coefficient (Wildman–Crippen LogP) is 0.776. The van der Waals surface area contributed by atoms with Crippen molar-refractivity contribution in [3.63, 3.8) is 0 Å². The monoisotopic (exact) mass is 388 g/mol. The highest BCUT2D eigenvalue weighted by atomic mass is 16.5. The Morgan fingerprint density at radius 3 is 2.50 bits per heavy atom. The molecule has 0 aromatic heterocycles. The van der Waals surface area contributed by atoms with Crippen LogP contribution in [0.5, 0.6) is 5.75 Å². The Morgan fingerprint density at radius 2 is 1.79 bits per heavy atom. The third-order valence-corrected chi connectivity index (χ3v) is 5.05. The van der Waals surface area contributed by atoms with Gasteiger partial charge in [-0.25, -0.2) is 4.79 Å². The van der Waals surface area contributed by atoms with Crippen LogP contribution in [-0.2, 0) is 14.4 Å². The Bertz CT molecular complexity index is 788. The van der Waals surface area contributed by atoms with E-state index in [1.54, 1.807) is 12.1 Å². The maximum Gasteiger partial charge on any atom is 0.325 e. The summed E-state index contributed by atoms with van der Waals surface area (Å²) in [4.78, 5) is 49.5. The molecule has 1 aromatic carbocycles. The molecule has 0 atom stereocenters. The number of carbonyl (C=O) groups is 4. The van der Waals surface area contributed by atoms with Crippen LogP contribution < -0.4 is 20.9 Å². The second-order valence-corrected chi connectivity index (χ2v) is 7.11. The van der Waals surface area contributed by atoms with E-state index in [9.17, 15) is 19.2 Å². The number of nitrogens with one attached hydrogen (secondary N) is 3. The summed E-state index contributed by atoms with van der Waals surface area (Å²) < 4.78 is 5.38. The number of rotatable bonds is 5. The fourth-order valence-corrected chi connectivity index (χ4v) is 3.53. The number of carbonyl (C=O) groups excluding carboxylic acids is 4. The van der Waals surface area contributed by atoms with Crippen molar-refractivity contribution < 1.29 is 23.9 Å². The zero-order valence-electron chi connectivity index (χ0n) is 15.7. The van der Waals surface area contributed by atoms with Crippen molar-refractivity contribution in [1.82, 2.24) is 21.1 Å². The molecule has 1 saturated heterocycles. The number of para-hydroxylation sites is 1. The van der Waals surface area contributed by atoms with Crippen LogP contribution in [0.2, 0.25) is 0 Å². The first-order valence-electron chi connectivity index (χ1n) is 9.31. The average Bonchev–Trinajstić information content (AvgIpc) is 2.90. The van der Waals surface area contributed by atoms with E-state index in [1.807, 2.05) is 19.1 Å². The minimum Gasteiger partial charge on any atom is -0.483 e.